The first-order valence-electron chi connectivity index (χ1n) is 7.37. The van der Waals surface area contributed by atoms with Gasteiger partial charge >= 0.3 is 0 Å². The lowest BCUT2D eigenvalue weighted by Crippen LogP contribution is -2.46. The molecule has 0 radical (unpaired) electrons. The van der Waals surface area contributed by atoms with Gasteiger partial charge in [0.05, 0.1) is 5.56 Å². The molecule has 116 valence electrons. The Bertz CT molecular complexity index is 538. The van der Waals surface area contributed by atoms with Crippen LogP contribution in [0.4, 0.5) is 4.39 Å². The van der Waals surface area contributed by atoms with Crippen molar-refractivity contribution in [3.8, 4) is 0 Å². The summed E-state index contributed by atoms with van der Waals surface area (Å²) in [4.78, 5) is 12.9. The molecule has 0 spiro atoms. The number of amides is 1. The van der Waals surface area contributed by atoms with E-state index in [2.05, 4.69) is 45.6 Å². The number of thiol groups is 1. The molecule has 2 nitrogen and oxygen atoms in total. The van der Waals surface area contributed by atoms with Crippen molar-refractivity contribution in [3.05, 3.63) is 29.6 Å². The van der Waals surface area contributed by atoms with Gasteiger partial charge in [0.25, 0.3) is 5.91 Å². The molecule has 1 fully saturated rings. The normalized spacial score (nSPS) is 21.0. The van der Waals surface area contributed by atoms with Gasteiger partial charge in [0.1, 0.15) is 5.82 Å². The van der Waals surface area contributed by atoms with E-state index in [1.165, 1.54) is 12.1 Å². The Balaban J connectivity index is 2.14. The van der Waals surface area contributed by atoms with E-state index < -0.39 is 5.82 Å². The van der Waals surface area contributed by atoms with Crippen LogP contribution in [-0.2, 0) is 0 Å². The lowest BCUT2D eigenvalue weighted by Gasteiger charge is -2.45. The van der Waals surface area contributed by atoms with Crippen molar-refractivity contribution in [2.45, 2.75) is 57.9 Å². The first-order chi connectivity index (χ1) is 9.58. The summed E-state index contributed by atoms with van der Waals surface area (Å²) < 4.78 is 13.8. The molecule has 1 aliphatic carbocycles. The average Bonchev–Trinajstić information content (AvgIpc) is 2.27. The zero-order valence-corrected chi connectivity index (χ0v) is 14.1. The Hall–Kier alpha value is -1.03. The standard InChI is InChI=1S/C17H24FNOS/c1-16(2)8-11(9-17(3,4)10-16)19-15(20)13-7-12(21)5-6-14(13)18/h5-7,11,21H,8-10H2,1-4H3,(H,19,20). The molecule has 1 N–H and O–H groups in total. The van der Waals surface area contributed by atoms with Crippen LogP contribution in [0.15, 0.2) is 23.1 Å². The van der Waals surface area contributed by atoms with Crippen molar-refractivity contribution in [1.82, 2.24) is 5.32 Å². The molecule has 0 heterocycles. The zero-order chi connectivity index (χ0) is 15.8. The molecule has 0 unspecified atom stereocenters. The van der Waals surface area contributed by atoms with Gasteiger partial charge < -0.3 is 5.32 Å². The van der Waals surface area contributed by atoms with Gasteiger partial charge in [-0.3, -0.25) is 4.79 Å². The lowest BCUT2D eigenvalue weighted by molar-refractivity contribution is 0.0711. The maximum atomic E-state index is 13.8. The minimum atomic E-state index is -0.500. The van der Waals surface area contributed by atoms with Gasteiger partial charge in [-0.25, -0.2) is 4.39 Å². The second-order valence-corrected chi connectivity index (χ2v) is 8.26. The number of halogens is 1. The summed E-state index contributed by atoms with van der Waals surface area (Å²) in [6.45, 7) is 8.90. The fraction of sp³-hybridized carbons (Fsp3) is 0.588. The van der Waals surface area contributed by atoms with E-state index in [0.717, 1.165) is 19.3 Å². The number of nitrogens with one attached hydrogen (secondary N) is 1. The Labute approximate surface area is 131 Å². The maximum Gasteiger partial charge on any atom is 0.254 e. The summed E-state index contributed by atoms with van der Waals surface area (Å²) in [5, 5.41) is 3.00. The highest BCUT2D eigenvalue weighted by Gasteiger charge is 2.39. The summed E-state index contributed by atoms with van der Waals surface area (Å²) in [6.07, 6.45) is 2.97. The molecule has 0 atom stereocenters. The van der Waals surface area contributed by atoms with Crippen LogP contribution in [0.3, 0.4) is 0 Å². The molecule has 21 heavy (non-hydrogen) atoms. The van der Waals surface area contributed by atoms with Crippen molar-refractivity contribution in [3.63, 3.8) is 0 Å². The van der Waals surface area contributed by atoms with E-state index in [9.17, 15) is 9.18 Å². The van der Waals surface area contributed by atoms with Gasteiger partial charge in [0.2, 0.25) is 0 Å². The number of hydrogen-bond acceptors (Lipinski definition) is 2. The number of carbonyl (C=O) groups excluding carboxylic acids is 1. The van der Waals surface area contributed by atoms with Crippen molar-refractivity contribution in [1.29, 1.82) is 0 Å². The minimum absolute atomic E-state index is 0.0729. The Kier molecular flexibility index (Phi) is 4.39. The summed E-state index contributed by atoms with van der Waals surface area (Å²) in [5.74, 6) is -0.846. The van der Waals surface area contributed by atoms with Crippen LogP contribution >= 0.6 is 12.6 Å². The predicted octanol–water partition coefficient (Wildman–Crippen LogP) is 4.45. The van der Waals surface area contributed by atoms with Gasteiger partial charge in [0.15, 0.2) is 0 Å². The Morgan fingerprint density at radius 1 is 1.24 bits per heavy atom. The van der Waals surface area contributed by atoms with Gasteiger partial charge in [0, 0.05) is 10.9 Å². The highest BCUT2D eigenvalue weighted by Crippen LogP contribution is 2.45. The third kappa shape index (κ3) is 4.22. The molecule has 0 aliphatic heterocycles. The molecular formula is C17H24FNOS. The van der Waals surface area contributed by atoms with Crippen molar-refractivity contribution < 1.29 is 9.18 Å². The van der Waals surface area contributed by atoms with Crippen LogP contribution in [0.2, 0.25) is 0 Å². The lowest BCUT2D eigenvalue weighted by atomic mass is 9.63. The Morgan fingerprint density at radius 2 is 1.81 bits per heavy atom. The first kappa shape index (κ1) is 16.3. The second kappa shape index (κ2) is 5.64. The SMILES string of the molecule is CC1(C)CC(NC(=O)c2cc(S)ccc2F)CC(C)(C)C1. The highest BCUT2D eigenvalue weighted by atomic mass is 32.1. The topological polar surface area (TPSA) is 29.1 Å². The van der Waals surface area contributed by atoms with Gasteiger partial charge in [-0.05, 0) is 48.3 Å². The fourth-order valence-electron chi connectivity index (χ4n) is 3.90. The van der Waals surface area contributed by atoms with Crippen molar-refractivity contribution in [2.24, 2.45) is 10.8 Å². The molecule has 2 rings (SSSR count). The molecule has 1 aliphatic rings. The van der Waals surface area contributed by atoms with E-state index >= 15 is 0 Å². The van der Waals surface area contributed by atoms with Crippen LogP contribution in [0.1, 0.15) is 57.3 Å². The molecule has 0 bridgehead atoms. The van der Waals surface area contributed by atoms with Crippen LogP contribution in [-0.4, -0.2) is 11.9 Å². The van der Waals surface area contributed by atoms with Crippen LogP contribution in [0.5, 0.6) is 0 Å². The van der Waals surface area contributed by atoms with Gasteiger partial charge in [-0.2, -0.15) is 0 Å². The van der Waals surface area contributed by atoms with Crippen LogP contribution in [0.25, 0.3) is 0 Å². The largest absolute Gasteiger partial charge is 0.349 e. The highest BCUT2D eigenvalue weighted by molar-refractivity contribution is 7.80. The maximum absolute atomic E-state index is 13.8. The average molecular weight is 309 g/mol. The van der Waals surface area contributed by atoms with E-state index in [-0.39, 0.29) is 28.3 Å². The number of hydrogen-bond donors (Lipinski definition) is 2. The number of carbonyl (C=O) groups is 1. The minimum Gasteiger partial charge on any atom is -0.349 e. The second-order valence-electron chi connectivity index (χ2n) is 7.75. The quantitative estimate of drug-likeness (QED) is 0.777. The third-order valence-electron chi connectivity index (χ3n) is 4.08. The predicted molar refractivity (Wildman–Crippen MR) is 86.3 cm³/mol. The van der Waals surface area contributed by atoms with Gasteiger partial charge in [-0.15, -0.1) is 12.6 Å². The molecule has 1 amide bonds. The van der Waals surface area contributed by atoms with Crippen molar-refractivity contribution >= 4 is 18.5 Å². The molecule has 1 saturated carbocycles. The third-order valence-corrected chi connectivity index (χ3v) is 4.36. The summed E-state index contributed by atoms with van der Waals surface area (Å²) in [7, 11) is 0. The molecular weight excluding hydrogens is 285 g/mol. The molecule has 0 saturated heterocycles. The van der Waals surface area contributed by atoms with E-state index in [4.69, 9.17) is 0 Å². The smallest absolute Gasteiger partial charge is 0.254 e. The molecule has 1 aromatic rings. The summed E-state index contributed by atoms with van der Waals surface area (Å²) >= 11 is 4.17. The first-order valence-corrected chi connectivity index (χ1v) is 7.82. The summed E-state index contributed by atoms with van der Waals surface area (Å²) in [6, 6.07) is 4.39. The number of rotatable bonds is 2. The van der Waals surface area contributed by atoms with E-state index in [1.807, 2.05) is 0 Å². The van der Waals surface area contributed by atoms with Crippen molar-refractivity contribution in [2.75, 3.05) is 0 Å². The van der Waals surface area contributed by atoms with Crippen LogP contribution < -0.4 is 5.32 Å². The monoisotopic (exact) mass is 309 g/mol. The Morgan fingerprint density at radius 3 is 2.38 bits per heavy atom. The van der Waals surface area contributed by atoms with E-state index in [0.29, 0.717) is 4.90 Å². The molecule has 0 aromatic heterocycles. The molecule has 1 aromatic carbocycles. The van der Waals surface area contributed by atoms with E-state index in [1.54, 1.807) is 6.07 Å². The summed E-state index contributed by atoms with van der Waals surface area (Å²) in [5.41, 5.74) is 0.441. The zero-order valence-electron chi connectivity index (χ0n) is 13.2. The molecule has 4 heteroatoms. The number of benzene rings is 1. The van der Waals surface area contributed by atoms with Gasteiger partial charge in [-0.1, -0.05) is 27.7 Å². The van der Waals surface area contributed by atoms with Crippen LogP contribution in [0, 0.1) is 16.6 Å². The fourth-order valence-corrected chi connectivity index (χ4v) is 4.10.